The van der Waals surface area contributed by atoms with Crippen molar-refractivity contribution in [2.24, 2.45) is 11.7 Å². The normalized spacial score (nSPS) is 17.1. The van der Waals surface area contributed by atoms with E-state index in [-0.39, 0.29) is 12.0 Å². The molecule has 1 rings (SSSR count). The second kappa shape index (κ2) is 7.60. The van der Waals surface area contributed by atoms with Crippen LogP contribution in [0.4, 0.5) is 0 Å². The van der Waals surface area contributed by atoms with Crippen molar-refractivity contribution in [3.63, 3.8) is 0 Å². The molecule has 1 unspecified atom stereocenters. The highest BCUT2D eigenvalue weighted by atomic mass is 16.5. The first-order chi connectivity index (χ1) is 7.76. The van der Waals surface area contributed by atoms with Gasteiger partial charge in [0.15, 0.2) is 0 Å². The zero-order chi connectivity index (χ0) is 11.8. The van der Waals surface area contributed by atoms with E-state index in [0.717, 1.165) is 12.5 Å². The van der Waals surface area contributed by atoms with Crippen LogP contribution >= 0.6 is 0 Å². The summed E-state index contributed by atoms with van der Waals surface area (Å²) in [6.07, 6.45) is 2.71. The molecule has 0 bridgehead atoms. The standard InChI is InChI=1S/C11H22N2O3/c1-15-10(7-12)6-11(14)13-4-5-16-8-9-2-3-9/h9-10H,2-8,12H2,1H3,(H,13,14). The van der Waals surface area contributed by atoms with Gasteiger partial charge in [0.2, 0.25) is 5.91 Å². The van der Waals surface area contributed by atoms with E-state index >= 15 is 0 Å². The number of hydrogen-bond donors (Lipinski definition) is 2. The van der Waals surface area contributed by atoms with Gasteiger partial charge in [-0.1, -0.05) is 0 Å². The van der Waals surface area contributed by atoms with Crippen molar-refractivity contribution in [1.29, 1.82) is 0 Å². The molecule has 1 atom stereocenters. The van der Waals surface area contributed by atoms with Gasteiger partial charge in [-0.05, 0) is 18.8 Å². The van der Waals surface area contributed by atoms with Crippen molar-refractivity contribution in [2.75, 3.05) is 33.4 Å². The zero-order valence-electron chi connectivity index (χ0n) is 9.91. The predicted molar refractivity (Wildman–Crippen MR) is 61.0 cm³/mol. The average molecular weight is 230 g/mol. The number of amides is 1. The molecule has 0 aliphatic heterocycles. The van der Waals surface area contributed by atoms with Crippen LogP contribution in [0.15, 0.2) is 0 Å². The van der Waals surface area contributed by atoms with Crippen molar-refractivity contribution in [3.05, 3.63) is 0 Å². The summed E-state index contributed by atoms with van der Waals surface area (Å²) < 4.78 is 10.4. The maximum Gasteiger partial charge on any atom is 0.222 e. The number of carbonyl (C=O) groups excluding carboxylic acids is 1. The predicted octanol–water partition coefficient (Wildman–Crippen LogP) is -0.107. The fourth-order valence-electron chi connectivity index (χ4n) is 1.34. The number of ether oxygens (including phenoxy) is 2. The minimum absolute atomic E-state index is 0.0349. The Labute approximate surface area is 96.7 Å². The van der Waals surface area contributed by atoms with Gasteiger partial charge in [0.25, 0.3) is 0 Å². The Morgan fingerprint density at radius 3 is 2.88 bits per heavy atom. The first-order valence-corrected chi connectivity index (χ1v) is 5.83. The molecule has 1 saturated carbocycles. The van der Waals surface area contributed by atoms with Gasteiger partial charge in [-0.25, -0.2) is 0 Å². The summed E-state index contributed by atoms with van der Waals surface area (Å²) >= 11 is 0. The van der Waals surface area contributed by atoms with E-state index in [9.17, 15) is 4.79 Å². The third kappa shape index (κ3) is 6.05. The van der Waals surface area contributed by atoms with E-state index in [0.29, 0.717) is 26.1 Å². The Bertz CT molecular complexity index is 203. The summed E-state index contributed by atoms with van der Waals surface area (Å²) in [5.74, 6) is 0.734. The fraction of sp³-hybridized carbons (Fsp3) is 0.909. The Morgan fingerprint density at radius 1 is 1.56 bits per heavy atom. The lowest BCUT2D eigenvalue weighted by Crippen LogP contribution is -2.33. The number of nitrogens with one attached hydrogen (secondary N) is 1. The minimum Gasteiger partial charge on any atom is -0.380 e. The van der Waals surface area contributed by atoms with Crippen LogP contribution in [-0.4, -0.2) is 45.4 Å². The van der Waals surface area contributed by atoms with E-state index in [1.807, 2.05) is 0 Å². The highest BCUT2D eigenvalue weighted by Gasteiger charge is 2.20. The van der Waals surface area contributed by atoms with Crippen LogP contribution in [0.3, 0.4) is 0 Å². The number of carbonyl (C=O) groups is 1. The van der Waals surface area contributed by atoms with Crippen LogP contribution in [0.2, 0.25) is 0 Å². The van der Waals surface area contributed by atoms with Gasteiger partial charge in [-0.3, -0.25) is 4.79 Å². The summed E-state index contributed by atoms with van der Waals surface area (Å²) in [7, 11) is 1.56. The van der Waals surface area contributed by atoms with Crippen LogP contribution in [0.1, 0.15) is 19.3 Å². The number of nitrogens with two attached hydrogens (primary N) is 1. The molecule has 0 spiro atoms. The van der Waals surface area contributed by atoms with Gasteiger partial charge >= 0.3 is 0 Å². The summed E-state index contributed by atoms with van der Waals surface area (Å²) in [6, 6.07) is 0. The molecule has 1 aliphatic carbocycles. The summed E-state index contributed by atoms with van der Waals surface area (Å²) in [5.41, 5.74) is 5.42. The Hall–Kier alpha value is -0.650. The highest BCUT2D eigenvalue weighted by molar-refractivity contribution is 5.76. The van der Waals surface area contributed by atoms with Crippen molar-refractivity contribution in [3.8, 4) is 0 Å². The van der Waals surface area contributed by atoms with Gasteiger partial charge < -0.3 is 20.5 Å². The molecule has 1 amide bonds. The second-order valence-corrected chi connectivity index (χ2v) is 4.17. The van der Waals surface area contributed by atoms with E-state index in [1.165, 1.54) is 12.8 Å². The first kappa shape index (κ1) is 13.4. The lowest BCUT2D eigenvalue weighted by Gasteiger charge is -2.12. The number of methoxy groups -OCH3 is 1. The van der Waals surface area contributed by atoms with Crippen molar-refractivity contribution in [1.82, 2.24) is 5.32 Å². The van der Waals surface area contributed by atoms with Crippen LogP contribution in [-0.2, 0) is 14.3 Å². The lowest BCUT2D eigenvalue weighted by molar-refractivity contribution is -0.123. The van der Waals surface area contributed by atoms with Crippen LogP contribution in [0, 0.1) is 5.92 Å². The average Bonchev–Trinajstić information content (AvgIpc) is 3.09. The Kier molecular flexibility index (Phi) is 6.37. The quantitative estimate of drug-likeness (QED) is 0.542. The molecule has 3 N–H and O–H groups in total. The largest absolute Gasteiger partial charge is 0.380 e. The molecule has 1 aliphatic rings. The minimum atomic E-state index is -0.188. The van der Waals surface area contributed by atoms with E-state index in [1.54, 1.807) is 7.11 Å². The third-order valence-corrected chi connectivity index (χ3v) is 2.63. The third-order valence-electron chi connectivity index (χ3n) is 2.63. The first-order valence-electron chi connectivity index (χ1n) is 5.83. The fourth-order valence-corrected chi connectivity index (χ4v) is 1.34. The molecule has 16 heavy (non-hydrogen) atoms. The molecule has 0 aromatic heterocycles. The highest BCUT2D eigenvalue weighted by Crippen LogP contribution is 2.28. The maximum atomic E-state index is 11.4. The van der Waals surface area contributed by atoms with Gasteiger partial charge in [0.05, 0.1) is 19.1 Å². The number of rotatable bonds is 9. The Morgan fingerprint density at radius 2 is 2.31 bits per heavy atom. The molecule has 0 aromatic rings. The van der Waals surface area contributed by atoms with E-state index in [2.05, 4.69) is 5.32 Å². The van der Waals surface area contributed by atoms with Gasteiger partial charge in [0, 0.05) is 26.8 Å². The smallest absolute Gasteiger partial charge is 0.222 e. The van der Waals surface area contributed by atoms with Crippen molar-refractivity contribution >= 4 is 5.91 Å². The molecule has 0 saturated heterocycles. The molecule has 0 radical (unpaired) electrons. The molecule has 94 valence electrons. The topological polar surface area (TPSA) is 73.6 Å². The molecule has 0 heterocycles. The number of hydrogen-bond acceptors (Lipinski definition) is 4. The van der Waals surface area contributed by atoms with Gasteiger partial charge in [-0.15, -0.1) is 0 Å². The second-order valence-electron chi connectivity index (χ2n) is 4.17. The van der Waals surface area contributed by atoms with Crippen LogP contribution in [0.25, 0.3) is 0 Å². The van der Waals surface area contributed by atoms with Crippen molar-refractivity contribution in [2.45, 2.75) is 25.4 Å². The monoisotopic (exact) mass is 230 g/mol. The molecule has 5 nitrogen and oxygen atoms in total. The SMILES string of the molecule is COC(CN)CC(=O)NCCOCC1CC1. The summed E-state index contributed by atoms with van der Waals surface area (Å²) in [4.78, 5) is 11.4. The summed E-state index contributed by atoms with van der Waals surface area (Å²) in [5, 5.41) is 2.78. The maximum absolute atomic E-state index is 11.4. The molecular weight excluding hydrogens is 208 g/mol. The van der Waals surface area contributed by atoms with Crippen LogP contribution in [0.5, 0.6) is 0 Å². The van der Waals surface area contributed by atoms with Crippen LogP contribution < -0.4 is 11.1 Å². The zero-order valence-corrected chi connectivity index (χ0v) is 9.91. The van der Waals surface area contributed by atoms with Crippen molar-refractivity contribution < 1.29 is 14.3 Å². The van der Waals surface area contributed by atoms with Gasteiger partial charge in [-0.2, -0.15) is 0 Å². The molecule has 1 fully saturated rings. The van der Waals surface area contributed by atoms with Gasteiger partial charge in [0.1, 0.15) is 0 Å². The summed E-state index contributed by atoms with van der Waals surface area (Å²) in [6.45, 7) is 2.34. The lowest BCUT2D eigenvalue weighted by atomic mass is 10.2. The van der Waals surface area contributed by atoms with E-state index in [4.69, 9.17) is 15.2 Å². The molecule has 5 heteroatoms. The van der Waals surface area contributed by atoms with E-state index < -0.39 is 0 Å². The molecule has 0 aromatic carbocycles. The molecular formula is C11H22N2O3. The Balaban J connectivity index is 1.91.